The smallest absolute Gasteiger partial charge is 0.193 e. The van der Waals surface area contributed by atoms with Crippen LogP contribution in [-0.4, -0.2) is 16.6 Å². The molecule has 0 saturated carbocycles. The van der Waals surface area contributed by atoms with Crippen LogP contribution in [0.1, 0.15) is 64.9 Å². The lowest BCUT2D eigenvalue weighted by molar-refractivity contribution is 0.0365. The Kier molecular flexibility index (Phi) is 11.4. The topological polar surface area (TPSA) is 18.5 Å². The molecule has 0 fully saturated rings. The average molecular weight is 601 g/mol. The molecule has 32 heavy (non-hydrogen) atoms. The van der Waals surface area contributed by atoms with Crippen molar-refractivity contribution >= 4 is 48.5 Å². The summed E-state index contributed by atoms with van der Waals surface area (Å²) in [5.41, 5.74) is 2.42. The van der Waals surface area contributed by atoms with Crippen molar-refractivity contribution in [3.63, 3.8) is 0 Å². The highest BCUT2D eigenvalue weighted by Crippen LogP contribution is 2.43. The SMILES string of the molecule is CC[Si](CC)(CC)O[C@H](c1ccc(Br)cc1)[C@H](O[Si](CC)(CC)CC)c1ccc(Br)cc1. The van der Waals surface area contributed by atoms with Gasteiger partial charge in [-0.3, -0.25) is 0 Å². The van der Waals surface area contributed by atoms with Crippen LogP contribution in [0, 0.1) is 0 Å². The van der Waals surface area contributed by atoms with E-state index in [9.17, 15) is 0 Å². The highest BCUT2D eigenvalue weighted by molar-refractivity contribution is 9.10. The van der Waals surface area contributed by atoms with Crippen LogP contribution in [0.4, 0.5) is 0 Å². The Hall–Kier alpha value is -0.246. The van der Waals surface area contributed by atoms with Crippen molar-refractivity contribution in [3.8, 4) is 0 Å². The Morgan fingerprint density at radius 3 is 1.00 bits per heavy atom. The summed E-state index contributed by atoms with van der Waals surface area (Å²) in [6.45, 7) is 13.8. The van der Waals surface area contributed by atoms with Gasteiger partial charge in [0.15, 0.2) is 16.6 Å². The zero-order valence-electron chi connectivity index (χ0n) is 20.6. The van der Waals surface area contributed by atoms with Crippen LogP contribution >= 0.6 is 31.9 Å². The number of hydrogen-bond donors (Lipinski definition) is 0. The maximum absolute atomic E-state index is 7.25. The molecular weight excluding hydrogens is 560 g/mol. The highest BCUT2D eigenvalue weighted by Gasteiger charge is 2.41. The first-order valence-corrected chi connectivity index (χ1v) is 18.8. The van der Waals surface area contributed by atoms with Gasteiger partial charge in [0, 0.05) is 8.95 Å². The summed E-state index contributed by atoms with van der Waals surface area (Å²) in [5.74, 6) is 0. The van der Waals surface area contributed by atoms with Crippen LogP contribution in [0.25, 0.3) is 0 Å². The minimum Gasteiger partial charge on any atom is -0.407 e. The normalized spacial score (nSPS) is 14.4. The van der Waals surface area contributed by atoms with E-state index < -0.39 is 16.6 Å². The van der Waals surface area contributed by atoms with Gasteiger partial charge in [0.1, 0.15) is 0 Å². The van der Waals surface area contributed by atoms with Crippen molar-refractivity contribution in [1.29, 1.82) is 0 Å². The number of halogens is 2. The first-order chi connectivity index (χ1) is 15.3. The Morgan fingerprint density at radius 1 is 0.531 bits per heavy atom. The molecule has 0 aliphatic carbocycles. The van der Waals surface area contributed by atoms with Crippen LogP contribution in [-0.2, 0) is 8.85 Å². The van der Waals surface area contributed by atoms with E-state index in [0.29, 0.717) is 0 Å². The van der Waals surface area contributed by atoms with Crippen molar-refractivity contribution in [1.82, 2.24) is 0 Å². The van der Waals surface area contributed by atoms with Crippen molar-refractivity contribution in [2.75, 3.05) is 0 Å². The molecule has 0 heterocycles. The molecule has 2 aromatic carbocycles. The fraction of sp³-hybridized carbons (Fsp3) is 0.538. The summed E-state index contributed by atoms with van der Waals surface area (Å²) in [5, 5.41) is 0. The third-order valence-electron chi connectivity index (χ3n) is 7.29. The Labute approximate surface area is 215 Å². The second kappa shape index (κ2) is 13.0. The lowest BCUT2D eigenvalue weighted by Crippen LogP contribution is -2.43. The molecule has 2 aromatic rings. The van der Waals surface area contributed by atoms with Crippen LogP contribution in [0.3, 0.4) is 0 Å². The zero-order valence-corrected chi connectivity index (χ0v) is 25.8. The number of benzene rings is 2. The molecular formula is C26H40Br2O2Si2. The van der Waals surface area contributed by atoms with Crippen molar-refractivity contribution in [2.24, 2.45) is 0 Å². The van der Waals surface area contributed by atoms with Crippen molar-refractivity contribution < 1.29 is 8.85 Å². The highest BCUT2D eigenvalue weighted by atomic mass is 79.9. The molecule has 0 bridgehead atoms. The Bertz CT molecular complexity index is 718. The molecule has 0 aliphatic heterocycles. The van der Waals surface area contributed by atoms with Gasteiger partial charge in [0.05, 0.1) is 12.2 Å². The molecule has 6 heteroatoms. The van der Waals surface area contributed by atoms with E-state index in [0.717, 1.165) is 45.2 Å². The molecule has 0 radical (unpaired) electrons. The van der Waals surface area contributed by atoms with Gasteiger partial charge in [0.25, 0.3) is 0 Å². The predicted octanol–water partition coefficient (Wildman–Crippen LogP) is 10.0. The minimum absolute atomic E-state index is 0.104. The van der Waals surface area contributed by atoms with E-state index in [1.54, 1.807) is 0 Å². The number of rotatable bonds is 13. The molecule has 2 rings (SSSR count). The number of hydrogen-bond acceptors (Lipinski definition) is 2. The van der Waals surface area contributed by atoms with E-state index in [1.807, 2.05) is 0 Å². The minimum atomic E-state index is -1.87. The average Bonchev–Trinajstić information content (AvgIpc) is 2.84. The second-order valence-electron chi connectivity index (χ2n) is 8.67. The van der Waals surface area contributed by atoms with Crippen molar-refractivity contribution in [2.45, 2.75) is 90.0 Å². The van der Waals surface area contributed by atoms with Gasteiger partial charge in [-0.15, -0.1) is 0 Å². The summed E-state index contributed by atoms with van der Waals surface area (Å²) < 4.78 is 16.7. The van der Waals surface area contributed by atoms with Gasteiger partial charge in [-0.2, -0.15) is 0 Å². The van der Waals surface area contributed by atoms with E-state index in [2.05, 4.69) is 122 Å². The molecule has 0 unspecified atom stereocenters. The molecule has 0 aromatic heterocycles. The summed E-state index contributed by atoms with van der Waals surface area (Å²) >= 11 is 7.22. The summed E-state index contributed by atoms with van der Waals surface area (Å²) in [7, 11) is -3.75. The summed E-state index contributed by atoms with van der Waals surface area (Å²) in [6.07, 6.45) is -0.209. The van der Waals surface area contributed by atoms with Gasteiger partial charge in [0.2, 0.25) is 0 Å². The third-order valence-corrected chi connectivity index (χ3v) is 17.6. The molecule has 0 N–H and O–H groups in total. The lowest BCUT2D eigenvalue weighted by atomic mass is 9.98. The standard InChI is InChI=1S/C26H40Br2O2Si2/c1-7-31(8-2,9-3)29-25(21-13-17-23(27)18-14-21)26(22-15-19-24(28)20-16-22)30-32(10-4,11-5)12-6/h13-20,25-26H,7-12H2,1-6H3/t25-,26-/m1/s1. The maximum atomic E-state index is 7.25. The molecule has 178 valence electrons. The second-order valence-corrected chi connectivity index (χ2v) is 19.9. The van der Waals surface area contributed by atoms with Crippen LogP contribution in [0.2, 0.25) is 36.3 Å². The van der Waals surface area contributed by atoms with Crippen LogP contribution in [0.15, 0.2) is 57.5 Å². The van der Waals surface area contributed by atoms with E-state index in [4.69, 9.17) is 8.85 Å². The van der Waals surface area contributed by atoms with Gasteiger partial charge >= 0.3 is 0 Å². The fourth-order valence-electron chi connectivity index (χ4n) is 4.45. The van der Waals surface area contributed by atoms with E-state index in [1.165, 1.54) is 11.1 Å². The molecule has 2 atom stereocenters. The molecule has 0 aliphatic rings. The molecule has 0 amide bonds. The van der Waals surface area contributed by atoms with Gasteiger partial charge in [-0.1, -0.05) is 97.7 Å². The largest absolute Gasteiger partial charge is 0.407 e. The molecule has 0 spiro atoms. The molecule has 0 saturated heterocycles. The molecule has 2 nitrogen and oxygen atoms in total. The zero-order chi connectivity index (χ0) is 23.8. The Morgan fingerprint density at radius 2 is 0.781 bits per heavy atom. The summed E-state index contributed by atoms with van der Waals surface area (Å²) in [4.78, 5) is 0. The first kappa shape index (κ1) is 28.0. The van der Waals surface area contributed by atoms with Crippen molar-refractivity contribution in [3.05, 3.63) is 68.6 Å². The van der Waals surface area contributed by atoms with Gasteiger partial charge in [-0.25, -0.2) is 0 Å². The quantitative estimate of drug-likeness (QED) is 0.213. The third kappa shape index (κ3) is 6.89. The van der Waals surface area contributed by atoms with E-state index in [-0.39, 0.29) is 12.2 Å². The first-order valence-electron chi connectivity index (χ1n) is 12.2. The monoisotopic (exact) mass is 598 g/mol. The van der Waals surface area contributed by atoms with E-state index >= 15 is 0 Å². The lowest BCUT2D eigenvalue weighted by Gasteiger charge is -2.41. The van der Waals surface area contributed by atoms with Crippen LogP contribution < -0.4 is 0 Å². The summed E-state index contributed by atoms with van der Waals surface area (Å²) in [6, 6.07) is 24.1. The predicted molar refractivity (Wildman–Crippen MR) is 150 cm³/mol. The Balaban J connectivity index is 2.65. The van der Waals surface area contributed by atoms with Crippen LogP contribution in [0.5, 0.6) is 0 Å². The van der Waals surface area contributed by atoms with Gasteiger partial charge < -0.3 is 8.85 Å². The fourth-order valence-corrected chi connectivity index (χ4v) is 10.6. The van der Waals surface area contributed by atoms with Gasteiger partial charge in [-0.05, 0) is 71.7 Å². The maximum Gasteiger partial charge on any atom is 0.193 e.